The number of aliphatic imine (C=N–C) groups is 1. The molecule has 1 aliphatic heterocycles. The zero-order chi connectivity index (χ0) is 27.5. The third kappa shape index (κ3) is 8.13. The number of benzene rings is 1. The molecule has 0 spiro atoms. The molecule has 1 amide bonds. The molecule has 0 aromatic heterocycles. The number of alkyl carbamates (subject to hydrolysis) is 1. The van der Waals surface area contributed by atoms with Gasteiger partial charge in [0.05, 0.1) is 54.9 Å². The summed E-state index contributed by atoms with van der Waals surface area (Å²) >= 11 is 17.8. The van der Waals surface area contributed by atoms with Crippen LogP contribution in [0.3, 0.4) is 0 Å². The van der Waals surface area contributed by atoms with Crippen molar-refractivity contribution in [2.75, 3.05) is 40.1 Å². The van der Waals surface area contributed by atoms with E-state index in [0.717, 1.165) is 0 Å². The second-order valence-corrected chi connectivity index (χ2v) is 8.80. The van der Waals surface area contributed by atoms with Crippen molar-refractivity contribution in [2.45, 2.75) is 26.7 Å². The number of nitrogens with zero attached hydrogens (tertiary/aromatic N) is 1. The highest BCUT2D eigenvalue weighted by atomic mass is 35.5. The molecule has 0 radical (unpaired) electrons. The molecule has 0 fully saturated rings. The Labute approximate surface area is 230 Å². The highest BCUT2D eigenvalue weighted by molar-refractivity contribution is 7.80. The van der Waals surface area contributed by atoms with Crippen LogP contribution in [0.1, 0.15) is 32.3 Å². The number of hydrogen-bond acceptors (Lipinski definition) is 9. The highest BCUT2D eigenvalue weighted by Crippen LogP contribution is 2.44. The lowest BCUT2D eigenvalue weighted by molar-refractivity contribution is -0.144. The third-order valence-electron chi connectivity index (χ3n) is 5.25. The van der Waals surface area contributed by atoms with Crippen molar-refractivity contribution < 1.29 is 33.3 Å². The van der Waals surface area contributed by atoms with E-state index in [4.69, 9.17) is 54.4 Å². The minimum absolute atomic E-state index is 0.0756. The van der Waals surface area contributed by atoms with Crippen molar-refractivity contribution in [1.82, 2.24) is 10.6 Å². The van der Waals surface area contributed by atoms with Gasteiger partial charge in [0.1, 0.15) is 5.92 Å². The quantitative estimate of drug-likeness (QED) is 0.186. The summed E-state index contributed by atoms with van der Waals surface area (Å²) < 4.78 is 20.8. The topological polar surface area (TPSA) is 125 Å². The fraction of sp³-hybridized carbons (Fsp3) is 0.458. The lowest BCUT2D eigenvalue weighted by Gasteiger charge is -2.32. The number of halogens is 2. The van der Waals surface area contributed by atoms with Gasteiger partial charge in [0.15, 0.2) is 5.11 Å². The maximum Gasteiger partial charge on any atom is 0.413 e. The highest BCUT2D eigenvalue weighted by Gasteiger charge is 2.44. The Morgan fingerprint density at radius 2 is 1.84 bits per heavy atom. The fourth-order valence-corrected chi connectivity index (χ4v) is 4.34. The first kappa shape index (κ1) is 30.5. The van der Waals surface area contributed by atoms with Crippen molar-refractivity contribution in [3.63, 3.8) is 0 Å². The van der Waals surface area contributed by atoms with Gasteiger partial charge in [-0.3, -0.25) is 15.1 Å². The standard InChI is InChI=1S/C24H29Cl2N3O7S/c1-5-35-22(31)19-16(12-34-11-10-27-23(37)29-24(32)36-6-2)28-13(3)17(21(30)33-4)18(19)14-8-7-9-15(25)20(14)26/h7-9,17-18H,5-6,10-12H2,1-4H3,(H2,27,29,32,37). The second kappa shape index (κ2) is 14.9. The van der Waals surface area contributed by atoms with E-state index in [1.807, 2.05) is 0 Å². The van der Waals surface area contributed by atoms with Gasteiger partial charge in [-0.1, -0.05) is 35.3 Å². The first-order valence-electron chi connectivity index (χ1n) is 11.4. The molecule has 2 N–H and O–H groups in total. The molecule has 10 nitrogen and oxygen atoms in total. The first-order valence-corrected chi connectivity index (χ1v) is 12.6. The number of thiocarbonyl (C=S) groups is 1. The molecule has 2 unspecified atom stereocenters. The number of ether oxygens (including phenoxy) is 4. The summed E-state index contributed by atoms with van der Waals surface area (Å²) in [6, 6.07) is 4.97. The number of hydrogen-bond donors (Lipinski definition) is 2. The molecule has 0 saturated carbocycles. The zero-order valence-corrected chi connectivity index (χ0v) is 23.2. The molecular formula is C24H29Cl2N3O7S. The number of nitrogens with one attached hydrogen (secondary N) is 2. The Bertz CT molecular complexity index is 1090. The number of carbonyl (C=O) groups excluding carboxylic acids is 3. The molecule has 1 aliphatic rings. The van der Waals surface area contributed by atoms with Crippen molar-refractivity contribution in [3.8, 4) is 0 Å². The zero-order valence-electron chi connectivity index (χ0n) is 20.9. The molecule has 1 heterocycles. The molecule has 2 atom stereocenters. The molecule has 202 valence electrons. The SMILES string of the molecule is CCOC(=O)NC(=S)NCCOCC1=C(C(=O)OCC)C(c2cccc(Cl)c2Cl)C(C(=O)OC)C(C)=N1. The Hall–Kier alpha value is -2.73. The number of rotatable bonds is 10. The maximum atomic E-state index is 13.2. The van der Waals surface area contributed by atoms with E-state index in [1.165, 1.54) is 7.11 Å². The third-order valence-corrected chi connectivity index (χ3v) is 6.33. The summed E-state index contributed by atoms with van der Waals surface area (Å²) in [6.07, 6.45) is -0.664. The predicted molar refractivity (Wildman–Crippen MR) is 143 cm³/mol. The van der Waals surface area contributed by atoms with E-state index in [0.29, 0.717) is 11.3 Å². The molecule has 0 saturated heterocycles. The summed E-state index contributed by atoms with van der Waals surface area (Å²) in [7, 11) is 1.26. The van der Waals surface area contributed by atoms with Gasteiger partial charge in [-0.15, -0.1) is 0 Å². The second-order valence-electron chi connectivity index (χ2n) is 7.61. The minimum atomic E-state index is -0.933. The summed E-state index contributed by atoms with van der Waals surface area (Å²) in [6.45, 7) is 5.66. The van der Waals surface area contributed by atoms with E-state index in [-0.39, 0.29) is 59.4 Å². The van der Waals surface area contributed by atoms with Crippen LogP contribution in [-0.2, 0) is 28.5 Å². The average molecular weight is 574 g/mol. The minimum Gasteiger partial charge on any atom is -0.468 e. The van der Waals surface area contributed by atoms with Gasteiger partial charge in [-0.05, 0) is 44.6 Å². The molecule has 1 aromatic rings. The van der Waals surface area contributed by atoms with Crippen LogP contribution in [0.5, 0.6) is 0 Å². The van der Waals surface area contributed by atoms with Crippen LogP contribution in [-0.4, -0.2) is 68.9 Å². The van der Waals surface area contributed by atoms with Gasteiger partial charge in [-0.25, -0.2) is 9.59 Å². The van der Waals surface area contributed by atoms with E-state index < -0.39 is 29.9 Å². The van der Waals surface area contributed by atoms with Crippen LogP contribution in [0.2, 0.25) is 10.0 Å². The summed E-state index contributed by atoms with van der Waals surface area (Å²) in [5.74, 6) is -3.05. The summed E-state index contributed by atoms with van der Waals surface area (Å²) in [4.78, 5) is 41.9. The van der Waals surface area contributed by atoms with Gasteiger partial charge in [0, 0.05) is 18.2 Å². The maximum absolute atomic E-state index is 13.2. The fourth-order valence-electron chi connectivity index (χ4n) is 3.73. The van der Waals surface area contributed by atoms with Gasteiger partial charge >= 0.3 is 18.0 Å². The lowest BCUT2D eigenvalue weighted by Crippen LogP contribution is -2.41. The number of amides is 1. The Balaban J connectivity index is 2.33. The summed E-state index contributed by atoms with van der Waals surface area (Å²) in [5, 5.41) is 5.72. The van der Waals surface area contributed by atoms with E-state index in [9.17, 15) is 14.4 Å². The number of carbonyl (C=O) groups is 3. The van der Waals surface area contributed by atoms with Crippen LogP contribution in [0, 0.1) is 5.92 Å². The Morgan fingerprint density at radius 1 is 1.14 bits per heavy atom. The van der Waals surface area contributed by atoms with Crippen LogP contribution in [0.15, 0.2) is 34.5 Å². The van der Waals surface area contributed by atoms with Gasteiger partial charge in [0.2, 0.25) is 0 Å². The van der Waals surface area contributed by atoms with Gasteiger partial charge in [0.25, 0.3) is 0 Å². The van der Waals surface area contributed by atoms with E-state index in [1.54, 1.807) is 39.0 Å². The normalized spacial score (nSPS) is 17.0. The van der Waals surface area contributed by atoms with Crippen LogP contribution < -0.4 is 10.6 Å². The molecule has 1 aromatic carbocycles. The van der Waals surface area contributed by atoms with E-state index >= 15 is 0 Å². The molecule has 0 aliphatic carbocycles. The van der Waals surface area contributed by atoms with Gasteiger partial charge < -0.3 is 24.3 Å². The molecular weight excluding hydrogens is 545 g/mol. The van der Waals surface area contributed by atoms with Gasteiger partial charge in [-0.2, -0.15) is 0 Å². The van der Waals surface area contributed by atoms with Crippen LogP contribution in [0.25, 0.3) is 0 Å². The molecule has 0 bridgehead atoms. The molecule has 37 heavy (non-hydrogen) atoms. The smallest absolute Gasteiger partial charge is 0.413 e. The molecule has 2 rings (SSSR count). The summed E-state index contributed by atoms with van der Waals surface area (Å²) in [5.41, 5.74) is 1.28. The van der Waals surface area contributed by atoms with Crippen molar-refractivity contribution >= 4 is 64.3 Å². The lowest BCUT2D eigenvalue weighted by atomic mass is 9.75. The Kier molecular flexibility index (Phi) is 12.3. The number of esters is 2. The van der Waals surface area contributed by atoms with Crippen molar-refractivity contribution in [3.05, 3.63) is 45.1 Å². The predicted octanol–water partition coefficient (Wildman–Crippen LogP) is 3.80. The average Bonchev–Trinajstić information content (AvgIpc) is 2.84. The first-order chi connectivity index (χ1) is 17.7. The van der Waals surface area contributed by atoms with E-state index in [2.05, 4.69) is 15.6 Å². The molecule has 13 heteroatoms. The largest absolute Gasteiger partial charge is 0.468 e. The van der Waals surface area contributed by atoms with Crippen molar-refractivity contribution in [1.29, 1.82) is 0 Å². The van der Waals surface area contributed by atoms with Crippen LogP contribution in [0.4, 0.5) is 4.79 Å². The number of methoxy groups -OCH3 is 1. The van der Waals surface area contributed by atoms with Crippen molar-refractivity contribution in [2.24, 2.45) is 10.9 Å². The monoisotopic (exact) mass is 573 g/mol. The van der Waals surface area contributed by atoms with Crippen LogP contribution >= 0.6 is 35.4 Å². The Morgan fingerprint density at radius 3 is 2.49 bits per heavy atom.